The standard InChI is InChI=1S/C11H21N5O5.C2H4O2/c12-6(2-1-5-15-11(13)14)9(19)16-7(10(20)21)3-4-8(17)18;1-2(3)4/h6-7H,1-5,12H2,(H,16,19)(H,17,18)(H,20,21)(H4,13,14,15);1H3,(H,3,4)/t6-,7-;/m0./s1. The zero-order chi connectivity index (χ0) is 20.0. The van der Waals surface area contributed by atoms with Gasteiger partial charge in [0.2, 0.25) is 5.91 Å². The van der Waals surface area contributed by atoms with Crippen molar-refractivity contribution in [3.8, 4) is 0 Å². The number of nitrogens with two attached hydrogens (primary N) is 3. The van der Waals surface area contributed by atoms with Crippen LogP contribution in [0.3, 0.4) is 0 Å². The first-order valence-corrected chi connectivity index (χ1v) is 7.22. The van der Waals surface area contributed by atoms with Gasteiger partial charge >= 0.3 is 11.9 Å². The van der Waals surface area contributed by atoms with Crippen LogP contribution in [0.1, 0.15) is 32.6 Å². The molecule has 0 saturated carbocycles. The zero-order valence-electron chi connectivity index (χ0n) is 13.8. The molecule has 0 saturated heterocycles. The maximum Gasteiger partial charge on any atom is 0.326 e. The lowest BCUT2D eigenvalue weighted by atomic mass is 10.1. The Kier molecular flexibility index (Phi) is 13.2. The molecule has 12 nitrogen and oxygen atoms in total. The molecular formula is C13H25N5O7. The molecule has 0 aliphatic carbocycles. The van der Waals surface area contributed by atoms with Crippen molar-refractivity contribution in [1.82, 2.24) is 5.32 Å². The quantitative estimate of drug-likeness (QED) is 0.127. The molecule has 0 heterocycles. The molecule has 1 amide bonds. The smallest absolute Gasteiger partial charge is 0.326 e. The van der Waals surface area contributed by atoms with Crippen LogP contribution in [0, 0.1) is 0 Å². The summed E-state index contributed by atoms with van der Waals surface area (Å²) < 4.78 is 0. The van der Waals surface area contributed by atoms with E-state index >= 15 is 0 Å². The van der Waals surface area contributed by atoms with Gasteiger partial charge in [-0.25, -0.2) is 4.79 Å². The van der Waals surface area contributed by atoms with Gasteiger partial charge in [-0.05, 0) is 19.3 Å². The second-order valence-electron chi connectivity index (χ2n) is 4.91. The van der Waals surface area contributed by atoms with Gasteiger partial charge in [-0.15, -0.1) is 0 Å². The summed E-state index contributed by atoms with van der Waals surface area (Å²) in [7, 11) is 0. The molecule has 0 aromatic heterocycles. The second kappa shape index (κ2) is 13.5. The fourth-order valence-electron chi connectivity index (χ4n) is 1.45. The number of carboxylic acids is 3. The Hall–Kier alpha value is -2.89. The average molecular weight is 363 g/mol. The van der Waals surface area contributed by atoms with E-state index in [1.165, 1.54) is 0 Å². The van der Waals surface area contributed by atoms with Gasteiger partial charge in [0.25, 0.3) is 5.97 Å². The van der Waals surface area contributed by atoms with Crippen LogP contribution >= 0.6 is 0 Å². The van der Waals surface area contributed by atoms with E-state index in [0.29, 0.717) is 13.0 Å². The van der Waals surface area contributed by atoms with E-state index in [-0.39, 0.29) is 25.2 Å². The first kappa shape index (κ1) is 24.4. The van der Waals surface area contributed by atoms with Crippen molar-refractivity contribution in [1.29, 1.82) is 0 Å². The number of nitrogens with zero attached hydrogens (tertiary/aromatic N) is 1. The molecular weight excluding hydrogens is 338 g/mol. The number of hydrogen-bond donors (Lipinski definition) is 7. The minimum atomic E-state index is -1.31. The van der Waals surface area contributed by atoms with Crippen molar-refractivity contribution in [3.05, 3.63) is 0 Å². The predicted molar refractivity (Wildman–Crippen MR) is 87.6 cm³/mol. The normalized spacial score (nSPS) is 11.9. The summed E-state index contributed by atoms with van der Waals surface area (Å²) in [6.07, 6.45) is 0.154. The number of aliphatic imine (C=N–C) groups is 1. The number of carbonyl (C=O) groups excluding carboxylic acids is 1. The number of carbonyl (C=O) groups is 4. The van der Waals surface area contributed by atoms with Gasteiger partial charge in [0, 0.05) is 19.9 Å². The molecule has 0 aromatic rings. The Morgan fingerprint density at radius 3 is 2.00 bits per heavy atom. The number of guanidine groups is 1. The summed E-state index contributed by atoms with van der Waals surface area (Å²) in [4.78, 5) is 45.7. The van der Waals surface area contributed by atoms with Crippen LogP contribution < -0.4 is 22.5 Å². The van der Waals surface area contributed by atoms with Gasteiger partial charge < -0.3 is 37.8 Å². The summed E-state index contributed by atoms with van der Waals surface area (Å²) in [6.45, 7) is 1.39. The van der Waals surface area contributed by atoms with E-state index < -0.39 is 35.9 Å². The third-order valence-corrected chi connectivity index (χ3v) is 2.57. The number of rotatable bonds is 10. The summed E-state index contributed by atoms with van der Waals surface area (Å²) in [5, 5.41) is 27.0. The van der Waals surface area contributed by atoms with E-state index in [0.717, 1.165) is 6.92 Å². The third kappa shape index (κ3) is 17.3. The van der Waals surface area contributed by atoms with Crippen molar-refractivity contribution in [2.45, 2.75) is 44.7 Å². The Morgan fingerprint density at radius 1 is 1.08 bits per heavy atom. The van der Waals surface area contributed by atoms with Crippen molar-refractivity contribution in [3.63, 3.8) is 0 Å². The molecule has 144 valence electrons. The highest BCUT2D eigenvalue weighted by atomic mass is 16.4. The number of aliphatic carboxylic acids is 3. The van der Waals surface area contributed by atoms with Crippen molar-refractivity contribution < 1.29 is 34.5 Å². The molecule has 0 rings (SSSR count). The number of hydrogen-bond acceptors (Lipinski definition) is 6. The summed E-state index contributed by atoms with van der Waals surface area (Å²) in [5.41, 5.74) is 15.9. The fraction of sp³-hybridized carbons (Fsp3) is 0.615. The van der Waals surface area contributed by atoms with Crippen LogP contribution in [0.25, 0.3) is 0 Å². The maximum absolute atomic E-state index is 11.7. The molecule has 0 radical (unpaired) electrons. The lowest BCUT2D eigenvalue weighted by Gasteiger charge is -2.17. The lowest BCUT2D eigenvalue weighted by Crippen LogP contribution is -2.48. The Bertz CT molecular complexity index is 487. The average Bonchev–Trinajstić information content (AvgIpc) is 2.46. The van der Waals surface area contributed by atoms with Crippen LogP contribution in [0.5, 0.6) is 0 Å². The highest BCUT2D eigenvalue weighted by molar-refractivity contribution is 5.87. The monoisotopic (exact) mass is 363 g/mol. The Labute approximate surface area is 144 Å². The molecule has 0 unspecified atom stereocenters. The minimum absolute atomic E-state index is 0.0624. The maximum atomic E-state index is 11.7. The Balaban J connectivity index is 0. The molecule has 12 heteroatoms. The molecule has 0 fully saturated rings. The van der Waals surface area contributed by atoms with Crippen LogP contribution in [0.2, 0.25) is 0 Å². The molecule has 2 atom stereocenters. The van der Waals surface area contributed by atoms with Gasteiger partial charge in [-0.3, -0.25) is 19.4 Å². The number of nitrogens with one attached hydrogen (secondary N) is 1. The molecule has 0 bridgehead atoms. The highest BCUT2D eigenvalue weighted by Crippen LogP contribution is 2.01. The van der Waals surface area contributed by atoms with Gasteiger partial charge in [0.05, 0.1) is 6.04 Å². The predicted octanol–water partition coefficient (Wildman–Crippen LogP) is -2.11. The molecule has 10 N–H and O–H groups in total. The van der Waals surface area contributed by atoms with E-state index in [1.54, 1.807) is 0 Å². The molecule has 0 spiro atoms. The second-order valence-corrected chi connectivity index (χ2v) is 4.91. The van der Waals surface area contributed by atoms with Crippen molar-refractivity contribution >= 4 is 29.8 Å². The van der Waals surface area contributed by atoms with Gasteiger partial charge in [0.15, 0.2) is 5.96 Å². The third-order valence-electron chi connectivity index (χ3n) is 2.57. The van der Waals surface area contributed by atoms with Gasteiger partial charge in [0.1, 0.15) is 6.04 Å². The molecule has 0 aromatic carbocycles. The minimum Gasteiger partial charge on any atom is -0.481 e. The summed E-state index contributed by atoms with van der Waals surface area (Å²) in [6, 6.07) is -2.19. The van der Waals surface area contributed by atoms with Gasteiger partial charge in [-0.2, -0.15) is 0 Å². The SMILES string of the molecule is CC(=O)O.NC(N)=NCCC[C@H](N)C(=O)N[C@@H](CCC(=O)O)C(=O)O. The zero-order valence-corrected chi connectivity index (χ0v) is 13.8. The number of carboxylic acid groups (broad SMARTS) is 3. The summed E-state index contributed by atoms with van der Waals surface area (Å²) >= 11 is 0. The summed E-state index contributed by atoms with van der Waals surface area (Å²) in [5.74, 6) is -4.00. The van der Waals surface area contributed by atoms with E-state index in [2.05, 4.69) is 10.3 Å². The van der Waals surface area contributed by atoms with Crippen LogP contribution in [-0.4, -0.2) is 63.7 Å². The first-order valence-electron chi connectivity index (χ1n) is 7.22. The topological polar surface area (TPSA) is 231 Å². The van der Waals surface area contributed by atoms with Crippen molar-refractivity contribution in [2.24, 2.45) is 22.2 Å². The highest BCUT2D eigenvalue weighted by Gasteiger charge is 2.23. The fourth-order valence-corrected chi connectivity index (χ4v) is 1.45. The van der Waals surface area contributed by atoms with Crippen molar-refractivity contribution in [2.75, 3.05) is 6.54 Å². The van der Waals surface area contributed by atoms with E-state index in [9.17, 15) is 14.4 Å². The van der Waals surface area contributed by atoms with Crippen LogP contribution in [0.4, 0.5) is 0 Å². The molecule has 25 heavy (non-hydrogen) atoms. The largest absolute Gasteiger partial charge is 0.481 e. The van der Waals surface area contributed by atoms with Crippen LogP contribution in [-0.2, 0) is 19.2 Å². The van der Waals surface area contributed by atoms with E-state index in [1.807, 2.05) is 0 Å². The van der Waals surface area contributed by atoms with Crippen LogP contribution in [0.15, 0.2) is 4.99 Å². The Morgan fingerprint density at radius 2 is 1.60 bits per heavy atom. The number of amides is 1. The van der Waals surface area contributed by atoms with E-state index in [4.69, 9.17) is 37.3 Å². The lowest BCUT2D eigenvalue weighted by molar-refractivity contribution is -0.143. The first-order chi connectivity index (χ1) is 11.5. The molecule has 0 aliphatic heterocycles. The molecule has 0 aliphatic rings. The van der Waals surface area contributed by atoms with Gasteiger partial charge in [-0.1, -0.05) is 0 Å².